The predicted molar refractivity (Wildman–Crippen MR) is 119 cm³/mol. The van der Waals surface area contributed by atoms with E-state index in [0.29, 0.717) is 22.3 Å². The number of hydrogen-bond acceptors (Lipinski definition) is 4. The van der Waals surface area contributed by atoms with Crippen LogP contribution in [-0.4, -0.2) is 21.7 Å². The van der Waals surface area contributed by atoms with Gasteiger partial charge in [-0.15, -0.1) is 0 Å². The summed E-state index contributed by atoms with van der Waals surface area (Å²) < 4.78 is 5.41. The highest BCUT2D eigenvalue weighted by atomic mass is 35.5. The first-order chi connectivity index (χ1) is 14.9. The first kappa shape index (κ1) is 20.9. The van der Waals surface area contributed by atoms with E-state index in [4.69, 9.17) is 16.0 Å². The molecule has 6 heteroatoms. The lowest BCUT2D eigenvalue weighted by molar-refractivity contribution is -0.140. The van der Waals surface area contributed by atoms with Gasteiger partial charge in [0.2, 0.25) is 0 Å². The molecule has 1 aliphatic heterocycles. The number of amides is 1. The topological polar surface area (TPSA) is 70.8 Å². The van der Waals surface area contributed by atoms with Crippen molar-refractivity contribution >= 4 is 29.1 Å². The van der Waals surface area contributed by atoms with E-state index in [1.165, 1.54) is 11.2 Å². The summed E-state index contributed by atoms with van der Waals surface area (Å²) in [7, 11) is 0. The van der Waals surface area contributed by atoms with Crippen molar-refractivity contribution in [1.82, 2.24) is 4.90 Å². The van der Waals surface area contributed by atoms with E-state index in [1.807, 2.05) is 24.3 Å². The zero-order valence-electron chi connectivity index (χ0n) is 17.2. The number of likely N-dealkylation sites (tertiary alicyclic amines) is 1. The Balaban J connectivity index is 1.84. The van der Waals surface area contributed by atoms with Crippen molar-refractivity contribution in [1.29, 1.82) is 0 Å². The van der Waals surface area contributed by atoms with Crippen molar-refractivity contribution in [2.75, 3.05) is 0 Å². The number of ketones is 1. The van der Waals surface area contributed by atoms with E-state index < -0.39 is 17.7 Å². The van der Waals surface area contributed by atoms with E-state index in [0.717, 1.165) is 11.1 Å². The standard InChI is InChI=1S/C25H22ClNO4/c1-15(2)16-5-7-17(8-6-16)22-21(23(28)18-9-11-19(26)12-10-18)24(29)25(30)27(22)14-20-4-3-13-31-20/h3-13,15,22,28H,14H2,1-2H3/b23-21+/t22-/m0/s1. The van der Waals surface area contributed by atoms with Gasteiger partial charge in [-0.3, -0.25) is 9.59 Å². The molecule has 158 valence electrons. The third-order valence-corrected chi connectivity index (χ3v) is 5.73. The molecule has 1 fully saturated rings. The van der Waals surface area contributed by atoms with Crippen molar-refractivity contribution in [3.05, 3.63) is 100.0 Å². The Morgan fingerprint density at radius 1 is 1.06 bits per heavy atom. The van der Waals surface area contributed by atoms with Crippen molar-refractivity contribution in [3.8, 4) is 0 Å². The number of carbonyl (C=O) groups is 2. The number of furan rings is 1. The number of carbonyl (C=O) groups excluding carboxylic acids is 2. The Hall–Kier alpha value is -3.31. The van der Waals surface area contributed by atoms with Crippen molar-refractivity contribution in [3.63, 3.8) is 0 Å². The van der Waals surface area contributed by atoms with E-state index in [1.54, 1.807) is 36.4 Å². The average molecular weight is 436 g/mol. The number of aliphatic hydroxyl groups excluding tert-OH is 1. The second kappa shape index (κ2) is 8.44. The minimum Gasteiger partial charge on any atom is -0.507 e. The molecule has 4 rings (SSSR count). The molecule has 0 radical (unpaired) electrons. The molecular weight excluding hydrogens is 414 g/mol. The van der Waals surface area contributed by atoms with Crippen LogP contribution in [-0.2, 0) is 16.1 Å². The van der Waals surface area contributed by atoms with Gasteiger partial charge >= 0.3 is 0 Å². The number of hydrogen-bond donors (Lipinski definition) is 1. The number of benzene rings is 2. The lowest BCUT2D eigenvalue weighted by Crippen LogP contribution is -2.29. The van der Waals surface area contributed by atoms with Crippen LogP contribution in [0, 0.1) is 0 Å². The average Bonchev–Trinajstić information content (AvgIpc) is 3.36. The summed E-state index contributed by atoms with van der Waals surface area (Å²) >= 11 is 5.96. The molecule has 0 aliphatic carbocycles. The molecule has 0 saturated carbocycles. The van der Waals surface area contributed by atoms with Crippen molar-refractivity contribution in [2.24, 2.45) is 0 Å². The molecule has 1 aromatic heterocycles. The van der Waals surface area contributed by atoms with Gasteiger partial charge in [0, 0.05) is 10.6 Å². The first-order valence-electron chi connectivity index (χ1n) is 10.0. The molecular formula is C25H22ClNO4. The van der Waals surface area contributed by atoms with Gasteiger partial charge < -0.3 is 14.4 Å². The molecule has 1 aliphatic rings. The van der Waals surface area contributed by atoms with Gasteiger partial charge in [0.1, 0.15) is 11.5 Å². The Kier molecular flexibility index (Phi) is 5.70. The monoisotopic (exact) mass is 435 g/mol. The highest BCUT2D eigenvalue weighted by molar-refractivity contribution is 6.46. The third kappa shape index (κ3) is 4.01. The van der Waals surface area contributed by atoms with E-state index in [2.05, 4.69) is 13.8 Å². The third-order valence-electron chi connectivity index (χ3n) is 5.48. The Morgan fingerprint density at radius 3 is 2.32 bits per heavy atom. The molecule has 0 unspecified atom stereocenters. The first-order valence-corrected chi connectivity index (χ1v) is 10.4. The zero-order valence-corrected chi connectivity index (χ0v) is 18.0. The zero-order chi connectivity index (χ0) is 22.1. The number of aliphatic hydroxyl groups is 1. The molecule has 3 aromatic rings. The quantitative estimate of drug-likeness (QED) is 0.318. The van der Waals surface area contributed by atoms with Crippen LogP contribution in [0.5, 0.6) is 0 Å². The maximum atomic E-state index is 13.0. The Morgan fingerprint density at radius 2 is 1.74 bits per heavy atom. The highest BCUT2D eigenvalue weighted by Gasteiger charge is 2.46. The number of nitrogens with zero attached hydrogens (tertiary/aromatic N) is 1. The van der Waals surface area contributed by atoms with Crippen LogP contribution in [0.15, 0.2) is 76.9 Å². The number of rotatable bonds is 5. The van der Waals surface area contributed by atoms with Crippen LogP contribution in [0.2, 0.25) is 5.02 Å². The summed E-state index contributed by atoms with van der Waals surface area (Å²) in [6.07, 6.45) is 1.52. The molecule has 0 spiro atoms. The molecule has 1 amide bonds. The van der Waals surface area contributed by atoms with E-state index in [9.17, 15) is 14.7 Å². The summed E-state index contributed by atoms with van der Waals surface area (Å²) in [6.45, 7) is 4.31. The van der Waals surface area contributed by atoms with Gasteiger partial charge in [-0.2, -0.15) is 0 Å². The summed E-state index contributed by atoms with van der Waals surface area (Å²) in [4.78, 5) is 27.4. The summed E-state index contributed by atoms with van der Waals surface area (Å²) in [5.74, 6) is -0.730. The summed E-state index contributed by atoms with van der Waals surface area (Å²) in [5, 5.41) is 11.5. The minimum absolute atomic E-state index is 0.0520. The molecule has 2 aromatic carbocycles. The normalized spacial score (nSPS) is 18.2. The molecule has 1 N–H and O–H groups in total. The SMILES string of the molecule is CC(C)c1ccc([C@H]2/C(=C(\O)c3ccc(Cl)cc3)C(=O)C(=O)N2Cc2ccco2)cc1. The molecule has 5 nitrogen and oxygen atoms in total. The second-order valence-electron chi connectivity index (χ2n) is 7.83. The fourth-order valence-electron chi connectivity index (χ4n) is 3.79. The fourth-order valence-corrected chi connectivity index (χ4v) is 3.91. The predicted octanol–water partition coefficient (Wildman–Crippen LogP) is 5.68. The van der Waals surface area contributed by atoms with E-state index >= 15 is 0 Å². The van der Waals surface area contributed by atoms with Crippen LogP contribution >= 0.6 is 11.6 Å². The van der Waals surface area contributed by atoms with Crippen LogP contribution in [0.4, 0.5) is 0 Å². The highest BCUT2D eigenvalue weighted by Crippen LogP contribution is 2.40. The van der Waals surface area contributed by atoms with Gasteiger partial charge in [-0.25, -0.2) is 0 Å². The van der Waals surface area contributed by atoms with Gasteiger partial charge in [-0.05, 0) is 53.4 Å². The van der Waals surface area contributed by atoms with Crippen LogP contribution in [0.3, 0.4) is 0 Å². The van der Waals surface area contributed by atoms with Crippen LogP contribution in [0.1, 0.15) is 48.3 Å². The van der Waals surface area contributed by atoms with Crippen LogP contribution in [0.25, 0.3) is 5.76 Å². The number of halogens is 1. The maximum absolute atomic E-state index is 13.0. The van der Waals surface area contributed by atoms with Gasteiger partial charge in [0.05, 0.1) is 24.4 Å². The smallest absolute Gasteiger partial charge is 0.296 e. The molecule has 0 bridgehead atoms. The molecule has 1 saturated heterocycles. The largest absolute Gasteiger partial charge is 0.507 e. The maximum Gasteiger partial charge on any atom is 0.296 e. The lowest BCUT2D eigenvalue weighted by atomic mass is 9.93. The minimum atomic E-state index is -0.734. The lowest BCUT2D eigenvalue weighted by Gasteiger charge is -2.25. The Bertz CT molecular complexity index is 1130. The summed E-state index contributed by atoms with van der Waals surface area (Å²) in [6, 6.07) is 17.0. The second-order valence-corrected chi connectivity index (χ2v) is 8.27. The molecule has 31 heavy (non-hydrogen) atoms. The Labute approximate surface area is 185 Å². The molecule has 1 atom stereocenters. The fraction of sp³-hybridized carbons (Fsp3) is 0.200. The van der Waals surface area contributed by atoms with Gasteiger partial charge in [-0.1, -0.05) is 49.7 Å². The van der Waals surface area contributed by atoms with Gasteiger partial charge in [0.25, 0.3) is 11.7 Å². The van der Waals surface area contributed by atoms with Gasteiger partial charge in [0.15, 0.2) is 0 Å². The van der Waals surface area contributed by atoms with E-state index in [-0.39, 0.29) is 17.9 Å². The molecule has 2 heterocycles. The summed E-state index contributed by atoms with van der Waals surface area (Å²) in [5.41, 5.74) is 2.36. The van der Waals surface area contributed by atoms with Crippen molar-refractivity contribution in [2.45, 2.75) is 32.4 Å². The van der Waals surface area contributed by atoms with Crippen molar-refractivity contribution < 1.29 is 19.1 Å². The van der Waals surface area contributed by atoms with Crippen LogP contribution < -0.4 is 0 Å². The number of Topliss-reactive ketones (excluding diaryl/α,β-unsaturated/α-hetero) is 1.